The van der Waals surface area contributed by atoms with Gasteiger partial charge >= 0.3 is 5.69 Å². The highest BCUT2D eigenvalue weighted by Gasteiger charge is 2.22. The van der Waals surface area contributed by atoms with E-state index < -0.39 is 0 Å². The average Bonchev–Trinajstić information content (AvgIpc) is 2.98. The third-order valence-electron chi connectivity index (χ3n) is 4.95. The van der Waals surface area contributed by atoms with Gasteiger partial charge in [0.05, 0.1) is 11.0 Å². The Kier molecular flexibility index (Phi) is 4.58. The quantitative estimate of drug-likeness (QED) is 0.779. The standard InChI is InChI=1S/C20H22N4O2/c25-19(15-24-18-9-5-4-8-17(18)21-20(24)26)23-12-10-22(11-13-23)14-16-6-2-1-3-7-16/h1-9H,10-15H2,(H,21,26). The van der Waals surface area contributed by atoms with E-state index in [0.717, 1.165) is 30.7 Å². The minimum Gasteiger partial charge on any atom is -0.339 e. The molecular formula is C20H22N4O2. The zero-order valence-electron chi connectivity index (χ0n) is 14.6. The molecule has 0 spiro atoms. The number of rotatable bonds is 4. The predicted octanol–water partition coefficient (Wildman–Crippen LogP) is 1.67. The third-order valence-corrected chi connectivity index (χ3v) is 4.95. The Morgan fingerprint density at radius 3 is 2.38 bits per heavy atom. The van der Waals surface area contributed by atoms with Crippen molar-refractivity contribution >= 4 is 16.9 Å². The number of imidazole rings is 1. The summed E-state index contributed by atoms with van der Waals surface area (Å²) >= 11 is 0. The molecule has 0 bridgehead atoms. The number of fused-ring (bicyclic) bond motifs is 1. The van der Waals surface area contributed by atoms with Crippen molar-refractivity contribution in [3.8, 4) is 0 Å². The van der Waals surface area contributed by atoms with Crippen molar-refractivity contribution in [2.75, 3.05) is 26.2 Å². The highest BCUT2D eigenvalue weighted by molar-refractivity contribution is 5.80. The van der Waals surface area contributed by atoms with Crippen molar-refractivity contribution in [3.05, 3.63) is 70.6 Å². The van der Waals surface area contributed by atoms with Gasteiger partial charge in [-0.25, -0.2) is 4.79 Å². The highest BCUT2D eigenvalue weighted by atomic mass is 16.2. The fourth-order valence-electron chi connectivity index (χ4n) is 3.50. The van der Waals surface area contributed by atoms with Gasteiger partial charge in [0, 0.05) is 32.7 Å². The lowest BCUT2D eigenvalue weighted by Crippen LogP contribution is -2.49. The molecule has 6 heteroatoms. The summed E-state index contributed by atoms with van der Waals surface area (Å²) < 4.78 is 1.52. The summed E-state index contributed by atoms with van der Waals surface area (Å²) in [5.41, 5.74) is 2.59. The van der Waals surface area contributed by atoms with Crippen LogP contribution in [0.25, 0.3) is 11.0 Å². The molecule has 0 atom stereocenters. The Morgan fingerprint density at radius 1 is 0.923 bits per heavy atom. The van der Waals surface area contributed by atoms with Gasteiger partial charge < -0.3 is 9.88 Å². The fraction of sp³-hybridized carbons (Fsp3) is 0.300. The van der Waals surface area contributed by atoms with Crippen molar-refractivity contribution in [2.45, 2.75) is 13.1 Å². The smallest absolute Gasteiger partial charge is 0.326 e. The Hall–Kier alpha value is -2.86. The molecule has 2 heterocycles. The van der Waals surface area contributed by atoms with E-state index in [0.29, 0.717) is 13.1 Å². The van der Waals surface area contributed by atoms with Crippen LogP contribution in [0.5, 0.6) is 0 Å². The van der Waals surface area contributed by atoms with E-state index in [-0.39, 0.29) is 18.1 Å². The van der Waals surface area contributed by atoms with Gasteiger partial charge in [-0.2, -0.15) is 0 Å². The summed E-state index contributed by atoms with van der Waals surface area (Å²) in [6.45, 7) is 4.09. The first-order valence-corrected chi connectivity index (χ1v) is 8.92. The van der Waals surface area contributed by atoms with Crippen LogP contribution in [0.3, 0.4) is 0 Å². The number of hydrogen-bond donors (Lipinski definition) is 1. The van der Waals surface area contributed by atoms with Crippen LogP contribution in [0.4, 0.5) is 0 Å². The number of carbonyl (C=O) groups excluding carboxylic acids is 1. The van der Waals surface area contributed by atoms with Crippen molar-refractivity contribution in [2.24, 2.45) is 0 Å². The van der Waals surface area contributed by atoms with E-state index in [2.05, 4.69) is 22.0 Å². The Labute approximate surface area is 151 Å². The molecule has 2 aromatic carbocycles. The van der Waals surface area contributed by atoms with Gasteiger partial charge in [-0.05, 0) is 17.7 Å². The van der Waals surface area contributed by atoms with Crippen molar-refractivity contribution in [3.63, 3.8) is 0 Å². The van der Waals surface area contributed by atoms with Crippen molar-refractivity contribution < 1.29 is 4.79 Å². The molecule has 0 unspecified atom stereocenters. The Balaban J connectivity index is 1.38. The number of piperazine rings is 1. The Bertz CT molecular complexity index is 953. The lowest BCUT2D eigenvalue weighted by molar-refractivity contribution is -0.133. The number of H-pyrrole nitrogens is 1. The normalized spacial score (nSPS) is 15.5. The SMILES string of the molecule is O=C(Cn1c(=O)[nH]c2ccccc21)N1CCN(Cc2ccccc2)CC1. The maximum atomic E-state index is 12.7. The molecule has 0 aliphatic carbocycles. The molecule has 134 valence electrons. The first-order chi connectivity index (χ1) is 12.7. The molecule has 1 fully saturated rings. The van der Waals surface area contributed by atoms with Gasteiger partial charge in [-0.3, -0.25) is 14.3 Å². The van der Waals surface area contributed by atoms with Gasteiger partial charge in [-0.15, -0.1) is 0 Å². The summed E-state index contributed by atoms with van der Waals surface area (Å²) in [6, 6.07) is 17.8. The number of aromatic nitrogens is 2. The number of nitrogens with one attached hydrogen (secondary N) is 1. The summed E-state index contributed by atoms with van der Waals surface area (Å²) in [5.74, 6) is -0.00351. The van der Waals surface area contributed by atoms with Gasteiger partial charge in [0.15, 0.2) is 0 Å². The molecule has 1 aromatic heterocycles. The number of nitrogens with zero attached hydrogens (tertiary/aromatic N) is 3. The topological polar surface area (TPSA) is 61.3 Å². The molecule has 1 N–H and O–H groups in total. The van der Waals surface area contributed by atoms with E-state index in [9.17, 15) is 9.59 Å². The molecule has 6 nitrogen and oxygen atoms in total. The average molecular weight is 350 g/mol. The molecular weight excluding hydrogens is 328 g/mol. The minimum absolute atomic E-state index is 0.00351. The van der Waals surface area contributed by atoms with E-state index in [1.165, 1.54) is 10.1 Å². The summed E-state index contributed by atoms with van der Waals surface area (Å²) in [7, 11) is 0. The van der Waals surface area contributed by atoms with Gasteiger partial charge in [0.25, 0.3) is 0 Å². The second-order valence-corrected chi connectivity index (χ2v) is 6.68. The van der Waals surface area contributed by atoms with E-state index in [4.69, 9.17) is 0 Å². The third kappa shape index (κ3) is 3.41. The van der Waals surface area contributed by atoms with Crippen LogP contribution in [0, 0.1) is 0 Å². The molecule has 1 saturated heterocycles. The second kappa shape index (κ2) is 7.17. The van der Waals surface area contributed by atoms with Crippen LogP contribution >= 0.6 is 0 Å². The summed E-state index contributed by atoms with van der Waals surface area (Å²) in [4.78, 5) is 31.8. The summed E-state index contributed by atoms with van der Waals surface area (Å²) in [5, 5.41) is 0. The van der Waals surface area contributed by atoms with E-state index >= 15 is 0 Å². The van der Waals surface area contributed by atoms with Crippen molar-refractivity contribution in [1.29, 1.82) is 0 Å². The van der Waals surface area contributed by atoms with Gasteiger partial charge in [0.2, 0.25) is 5.91 Å². The molecule has 1 aliphatic rings. The van der Waals surface area contributed by atoms with Crippen molar-refractivity contribution in [1.82, 2.24) is 19.4 Å². The Morgan fingerprint density at radius 2 is 1.62 bits per heavy atom. The zero-order valence-corrected chi connectivity index (χ0v) is 14.6. The van der Waals surface area contributed by atoms with Crippen LogP contribution < -0.4 is 5.69 Å². The largest absolute Gasteiger partial charge is 0.339 e. The predicted molar refractivity (Wildman–Crippen MR) is 101 cm³/mol. The maximum absolute atomic E-state index is 12.7. The van der Waals surface area contributed by atoms with Crippen LogP contribution in [-0.2, 0) is 17.9 Å². The molecule has 26 heavy (non-hydrogen) atoms. The minimum atomic E-state index is -0.234. The van der Waals surface area contributed by atoms with Crippen LogP contribution in [0.2, 0.25) is 0 Å². The van der Waals surface area contributed by atoms with Gasteiger partial charge in [0.1, 0.15) is 6.54 Å². The zero-order chi connectivity index (χ0) is 17.9. The monoisotopic (exact) mass is 350 g/mol. The number of carbonyl (C=O) groups is 1. The molecule has 0 radical (unpaired) electrons. The lowest BCUT2D eigenvalue weighted by Gasteiger charge is -2.34. The van der Waals surface area contributed by atoms with Crippen LogP contribution in [0.1, 0.15) is 5.56 Å². The molecule has 0 saturated carbocycles. The molecule has 1 aliphatic heterocycles. The fourth-order valence-corrected chi connectivity index (χ4v) is 3.50. The molecule has 4 rings (SSSR count). The summed E-state index contributed by atoms with van der Waals surface area (Å²) in [6.07, 6.45) is 0. The first kappa shape index (κ1) is 16.6. The molecule has 1 amide bonds. The maximum Gasteiger partial charge on any atom is 0.326 e. The lowest BCUT2D eigenvalue weighted by atomic mass is 10.2. The van der Waals surface area contributed by atoms with E-state index in [1.54, 1.807) is 0 Å². The molecule has 3 aromatic rings. The van der Waals surface area contributed by atoms with Crippen LogP contribution in [0.15, 0.2) is 59.4 Å². The number of amides is 1. The first-order valence-electron chi connectivity index (χ1n) is 8.92. The van der Waals surface area contributed by atoms with Crippen LogP contribution in [-0.4, -0.2) is 51.4 Å². The number of hydrogen-bond acceptors (Lipinski definition) is 3. The van der Waals surface area contributed by atoms with E-state index in [1.807, 2.05) is 47.4 Å². The number of benzene rings is 2. The van der Waals surface area contributed by atoms with Gasteiger partial charge in [-0.1, -0.05) is 42.5 Å². The number of aromatic amines is 1. The second-order valence-electron chi connectivity index (χ2n) is 6.68. The number of para-hydroxylation sites is 2. The highest BCUT2D eigenvalue weighted by Crippen LogP contribution is 2.11.